The Morgan fingerprint density at radius 3 is 3.00 bits per heavy atom. The molecule has 1 aliphatic heterocycles. The highest BCUT2D eigenvalue weighted by molar-refractivity contribution is 7.99. The van der Waals surface area contributed by atoms with Gasteiger partial charge in [-0.1, -0.05) is 18.5 Å². The van der Waals surface area contributed by atoms with Gasteiger partial charge in [0.15, 0.2) is 0 Å². The number of rotatable bonds is 3. The summed E-state index contributed by atoms with van der Waals surface area (Å²) in [5, 5.41) is 4.01. The molecular formula is C14H20ClN3OS. The van der Waals surface area contributed by atoms with E-state index in [0.29, 0.717) is 21.6 Å². The largest absolute Gasteiger partial charge is 0.397 e. The van der Waals surface area contributed by atoms with Crippen LogP contribution in [0.3, 0.4) is 0 Å². The van der Waals surface area contributed by atoms with Crippen molar-refractivity contribution in [2.45, 2.75) is 25.1 Å². The van der Waals surface area contributed by atoms with E-state index >= 15 is 0 Å². The zero-order valence-corrected chi connectivity index (χ0v) is 13.3. The van der Waals surface area contributed by atoms with Gasteiger partial charge in [-0.05, 0) is 25.1 Å². The van der Waals surface area contributed by atoms with Crippen molar-refractivity contribution in [1.82, 2.24) is 4.90 Å². The highest BCUT2D eigenvalue weighted by atomic mass is 35.5. The van der Waals surface area contributed by atoms with Crippen molar-refractivity contribution in [1.29, 1.82) is 0 Å². The molecule has 3 N–H and O–H groups in total. The fourth-order valence-corrected chi connectivity index (χ4v) is 3.47. The number of nitrogens with two attached hydrogens (primary N) is 1. The number of halogens is 1. The summed E-state index contributed by atoms with van der Waals surface area (Å²) in [6, 6.07) is 4.93. The average molecular weight is 314 g/mol. The number of carbonyl (C=O) groups is 1. The van der Waals surface area contributed by atoms with Crippen molar-refractivity contribution in [3.05, 3.63) is 23.2 Å². The van der Waals surface area contributed by atoms with E-state index in [1.165, 1.54) is 0 Å². The van der Waals surface area contributed by atoms with Gasteiger partial charge in [0, 0.05) is 29.1 Å². The van der Waals surface area contributed by atoms with Crippen LogP contribution in [0.5, 0.6) is 0 Å². The summed E-state index contributed by atoms with van der Waals surface area (Å²) < 4.78 is 0. The molecule has 0 aliphatic carbocycles. The van der Waals surface area contributed by atoms with E-state index in [1.54, 1.807) is 18.2 Å². The molecular weight excluding hydrogens is 294 g/mol. The van der Waals surface area contributed by atoms with Gasteiger partial charge in [-0.2, -0.15) is 11.8 Å². The Balaban J connectivity index is 2.00. The standard InChI is InChI=1S/C14H20ClN3OS/c1-9-8-18(5-6-20-9)10(2)14(19)17-13-4-3-11(15)7-12(13)16/h3-4,7,9-10H,5-6,8,16H2,1-2H3,(H,17,19). The van der Waals surface area contributed by atoms with Gasteiger partial charge in [0.2, 0.25) is 5.91 Å². The summed E-state index contributed by atoms with van der Waals surface area (Å²) in [5.74, 6) is 1.04. The highest BCUT2D eigenvalue weighted by Gasteiger charge is 2.26. The molecule has 2 atom stereocenters. The minimum Gasteiger partial charge on any atom is -0.397 e. The third kappa shape index (κ3) is 3.81. The number of nitrogens with zero attached hydrogens (tertiary/aromatic N) is 1. The third-order valence-corrected chi connectivity index (χ3v) is 4.84. The molecule has 110 valence electrons. The maximum absolute atomic E-state index is 12.3. The van der Waals surface area contributed by atoms with Crippen molar-refractivity contribution in [2.75, 3.05) is 29.9 Å². The maximum atomic E-state index is 12.3. The average Bonchev–Trinajstić information content (AvgIpc) is 2.41. The van der Waals surface area contributed by atoms with Crippen molar-refractivity contribution in [3.63, 3.8) is 0 Å². The Kier molecular flexibility index (Phi) is 5.18. The molecule has 4 nitrogen and oxygen atoms in total. The Labute approximate surface area is 129 Å². The van der Waals surface area contributed by atoms with E-state index in [-0.39, 0.29) is 11.9 Å². The van der Waals surface area contributed by atoms with Crippen molar-refractivity contribution in [3.8, 4) is 0 Å². The number of thioether (sulfide) groups is 1. The summed E-state index contributed by atoms with van der Waals surface area (Å²) in [6.07, 6.45) is 0. The molecule has 0 radical (unpaired) electrons. The molecule has 2 rings (SSSR count). The van der Waals surface area contributed by atoms with Gasteiger partial charge >= 0.3 is 0 Å². The van der Waals surface area contributed by atoms with Crippen LogP contribution in [0.2, 0.25) is 5.02 Å². The van der Waals surface area contributed by atoms with Crippen molar-refractivity contribution in [2.24, 2.45) is 0 Å². The smallest absolute Gasteiger partial charge is 0.241 e. The molecule has 1 heterocycles. The summed E-state index contributed by atoms with van der Waals surface area (Å²) in [4.78, 5) is 14.5. The quantitative estimate of drug-likeness (QED) is 0.842. The van der Waals surface area contributed by atoms with Crippen LogP contribution < -0.4 is 11.1 Å². The van der Waals surface area contributed by atoms with E-state index in [0.717, 1.165) is 18.8 Å². The van der Waals surface area contributed by atoms with Gasteiger partial charge in [-0.15, -0.1) is 0 Å². The van der Waals surface area contributed by atoms with E-state index < -0.39 is 0 Å². The molecule has 6 heteroatoms. The van der Waals surface area contributed by atoms with Crippen molar-refractivity contribution < 1.29 is 4.79 Å². The predicted molar refractivity (Wildman–Crippen MR) is 87.4 cm³/mol. The molecule has 1 aromatic rings. The normalized spacial score (nSPS) is 21.4. The van der Waals surface area contributed by atoms with Crippen LogP contribution in [0.4, 0.5) is 11.4 Å². The van der Waals surface area contributed by atoms with E-state index in [2.05, 4.69) is 17.1 Å². The molecule has 0 saturated carbocycles. The zero-order valence-electron chi connectivity index (χ0n) is 11.7. The number of anilines is 2. The van der Waals surface area contributed by atoms with Gasteiger partial charge in [0.05, 0.1) is 17.4 Å². The zero-order chi connectivity index (χ0) is 14.7. The summed E-state index contributed by atoms with van der Waals surface area (Å²) >= 11 is 7.80. The summed E-state index contributed by atoms with van der Waals surface area (Å²) in [7, 11) is 0. The minimum absolute atomic E-state index is 0.0295. The maximum Gasteiger partial charge on any atom is 0.241 e. The van der Waals surface area contributed by atoms with Crippen LogP contribution in [-0.2, 0) is 4.79 Å². The lowest BCUT2D eigenvalue weighted by Gasteiger charge is -2.34. The molecule has 2 unspecified atom stereocenters. The van der Waals surface area contributed by atoms with Gasteiger partial charge in [0.1, 0.15) is 0 Å². The molecule has 0 aromatic heterocycles. The number of nitrogen functional groups attached to an aromatic ring is 1. The Bertz CT molecular complexity index is 497. The third-order valence-electron chi connectivity index (χ3n) is 3.47. The van der Waals surface area contributed by atoms with Crippen LogP contribution in [0.25, 0.3) is 0 Å². The summed E-state index contributed by atoms with van der Waals surface area (Å²) in [5.41, 5.74) is 6.96. The number of nitrogens with one attached hydrogen (secondary N) is 1. The van der Waals surface area contributed by atoms with Crippen LogP contribution in [0.15, 0.2) is 18.2 Å². The van der Waals surface area contributed by atoms with Crippen LogP contribution in [-0.4, -0.2) is 40.9 Å². The molecule has 0 bridgehead atoms. The minimum atomic E-state index is -0.159. The second-order valence-electron chi connectivity index (χ2n) is 5.07. The first-order valence-corrected chi connectivity index (χ1v) is 8.11. The topological polar surface area (TPSA) is 58.4 Å². The van der Waals surface area contributed by atoms with Gasteiger partial charge in [-0.3, -0.25) is 9.69 Å². The number of hydrogen-bond donors (Lipinski definition) is 2. The fourth-order valence-electron chi connectivity index (χ4n) is 2.25. The molecule has 1 saturated heterocycles. The lowest BCUT2D eigenvalue weighted by atomic mass is 10.2. The lowest BCUT2D eigenvalue weighted by molar-refractivity contribution is -0.120. The first kappa shape index (κ1) is 15.5. The monoisotopic (exact) mass is 313 g/mol. The Hall–Kier alpha value is -0.910. The molecule has 0 spiro atoms. The van der Waals surface area contributed by atoms with Gasteiger partial charge in [0.25, 0.3) is 0 Å². The molecule has 20 heavy (non-hydrogen) atoms. The van der Waals surface area contributed by atoms with E-state index in [1.807, 2.05) is 18.7 Å². The van der Waals surface area contributed by atoms with Crippen LogP contribution in [0.1, 0.15) is 13.8 Å². The second-order valence-corrected chi connectivity index (χ2v) is 7.06. The van der Waals surface area contributed by atoms with Gasteiger partial charge in [-0.25, -0.2) is 0 Å². The number of hydrogen-bond acceptors (Lipinski definition) is 4. The van der Waals surface area contributed by atoms with Crippen LogP contribution in [0, 0.1) is 0 Å². The van der Waals surface area contributed by atoms with Gasteiger partial charge < -0.3 is 11.1 Å². The lowest BCUT2D eigenvalue weighted by Crippen LogP contribution is -2.47. The number of carbonyl (C=O) groups excluding carboxylic acids is 1. The van der Waals surface area contributed by atoms with E-state index in [9.17, 15) is 4.79 Å². The SMILES string of the molecule is CC1CN(C(C)C(=O)Nc2ccc(Cl)cc2N)CCS1. The second kappa shape index (κ2) is 6.70. The van der Waals surface area contributed by atoms with Crippen molar-refractivity contribution >= 4 is 40.6 Å². The first-order valence-electron chi connectivity index (χ1n) is 6.69. The van der Waals surface area contributed by atoms with E-state index in [4.69, 9.17) is 17.3 Å². The first-order chi connectivity index (χ1) is 9.47. The molecule has 1 amide bonds. The highest BCUT2D eigenvalue weighted by Crippen LogP contribution is 2.24. The number of amides is 1. The molecule has 1 aliphatic rings. The Morgan fingerprint density at radius 1 is 1.60 bits per heavy atom. The molecule has 1 fully saturated rings. The molecule has 1 aromatic carbocycles. The summed E-state index contributed by atoms with van der Waals surface area (Å²) in [6.45, 7) is 6.01. The predicted octanol–water partition coefficient (Wildman–Crippen LogP) is 2.69. The Morgan fingerprint density at radius 2 is 2.35 bits per heavy atom. The fraction of sp³-hybridized carbons (Fsp3) is 0.500. The number of benzene rings is 1. The van der Waals surface area contributed by atoms with Crippen LogP contribution >= 0.6 is 23.4 Å².